The van der Waals surface area contributed by atoms with E-state index in [1.54, 1.807) is 19.2 Å². The number of halogens is 1. The fourth-order valence-electron chi connectivity index (χ4n) is 2.40. The third-order valence-corrected chi connectivity index (χ3v) is 3.72. The Hall–Kier alpha value is -2.69. The van der Waals surface area contributed by atoms with Crippen molar-refractivity contribution in [3.8, 4) is 0 Å². The van der Waals surface area contributed by atoms with E-state index in [-0.39, 0.29) is 30.6 Å². The minimum absolute atomic E-state index is 0.0494. The number of carbonyl (C=O) groups excluding carboxylic acids is 2. The molecule has 0 fully saturated rings. The van der Waals surface area contributed by atoms with Crippen molar-refractivity contribution in [2.45, 2.75) is 19.8 Å². The number of carbonyl (C=O) groups is 2. The summed E-state index contributed by atoms with van der Waals surface area (Å²) in [5, 5.41) is 2.83. The van der Waals surface area contributed by atoms with Crippen LogP contribution in [0.5, 0.6) is 0 Å². The molecule has 0 unspecified atom stereocenters. The average Bonchev–Trinajstić information content (AvgIpc) is 2.55. The molecule has 0 atom stereocenters. The Morgan fingerprint density at radius 1 is 1.12 bits per heavy atom. The van der Waals surface area contributed by atoms with E-state index in [9.17, 15) is 14.0 Å². The summed E-state index contributed by atoms with van der Waals surface area (Å²) in [7, 11) is 1.56. The zero-order chi connectivity index (χ0) is 17.5. The smallest absolute Gasteiger partial charge is 0.243 e. The van der Waals surface area contributed by atoms with Crippen molar-refractivity contribution < 1.29 is 14.0 Å². The molecule has 0 aromatic heterocycles. The van der Waals surface area contributed by atoms with Crippen LogP contribution in [0, 0.1) is 5.82 Å². The number of aryl methyl sites for hydroxylation is 1. The predicted octanol–water partition coefficient (Wildman–Crippen LogP) is 3.03. The van der Waals surface area contributed by atoms with Crippen LogP contribution in [0.3, 0.4) is 0 Å². The van der Waals surface area contributed by atoms with E-state index in [0.717, 1.165) is 17.7 Å². The topological polar surface area (TPSA) is 49.4 Å². The molecule has 2 aromatic carbocycles. The highest BCUT2D eigenvalue weighted by Crippen LogP contribution is 2.15. The van der Waals surface area contributed by atoms with Gasteiger partial charge in [-0.2, -0.15) is 0 Å². The third kappa shape index (κ3) is 4.91. The van der Waals surface area contributed by atoms with Gasteiger partial charge >= 0.3 is 0 Å². The van der Waals surface area contributed by atoms with Crippen molar-refractivity contribution in [2.75, 3.05) is 18.9 Å². The van der Waals surface area contributed by atoms with Crippen LogP contribution in [0.1, 0.15) is 18.1 Å². The van der Waals surface area contributed by atoms with Gasteiger partial charge < -0.3 is 10.2 Å². The molecule has 2 amide bonds. The fraction of sp³-hybridized carbons (Fsp3) is 0.263. The number of likely N-dealkylation sites (N-methyl/N-ethyl adjacent to an activating group) is 1. The van der Waals surface area contributed by atoms with E-state index >= 15 is 0 Å². The van der Waals surface area contributed by atoms with Gasteiger partial charge in [-0.3, -0.25) is 9.59 Å². The first-order chi connectivity index (χ1) is 11.5. The molecule has 1 N–H and O–H groups in total. The van der Waals surface area contributed by atoms with E-state index < -0.39 is 0 Å². The standard InChI is InChI=1S/C19H21FN2O2/c1-3-15-8-4-5-10-17(15)21-18(23)13-22(2)19(24)12-14-7-6-9-16(20)11-14/h4-11H,3,12-13H2,1-2H3,(H,21,23). The lowest BCUT2D eigenvalue weighted by Crippen LogP contribution is -2.36. The van der Waals surface area contributed by atoms with Crippen LogP contribution in [0.25, 0.3) is 0 Å². The summed E-state index contributed by atoms with van der Waals surface area (Å²) in [6.07, 6.45) is 0.873. The second-order valence-electron chi connectivity index (χ2n) is 5.62. The Bertz CT molecular complexity index is 731. The van der Waals surface area contributed by atoms with Crippen LogP contribution in [-0.2, 0) is 22.4 Å². The molecule has 0 bridgehead atoms. The van der Waals surface area contributed by atoms with Gasteiger partial charge in [0.15, 0.2) is 0 Å². The largest absolute Gasteiger partial charge is 0.336 e. The third-order valence-electron chi connectivity index (χ3n) is 3.72. The molecule has 126 valence electrons. The minimum Gasteiger partial charge on any atom is -0.336 e. The van der Waals surface area contributed by atoms with Gasteiger partial charge in [0.25, 0.3) is 0 Å². The summed E-state index contributed by atoms with van der Waals surface area (Å²) >= 11 is 0. The maximum Gasteiger partial charge on any atom is 0.243 e. The number of nitrogens with zero attached hydrogens (tertiary/aromatic N) is 1. The van der Waals surface area contributed by atoms with Crippen LogP contribution >= 0.6 is 0 Å². The van der Waals surface area contributed by atoms with Crippen molar-refractivity contribution in [3.63, 3.8) is 0 Å². The van der Waals surface area contributed by atoms with Crippen LogP contribution in [0.2, 0.25) is 0 Å². The Morgan fingerprint density at radius 3 is 2.58 bits per heavy atom. The van der Waals surface area contributed by atoms with Crippen LogP contribution in [0.4, 0.5) is 10.1 Å². The molecule has 2 aromatic rings. The maximum absolute atomic E-state index is 13.2. The summed E-state index contributed by atoms with van der Waals surface area (Å²) in [5.41, 5.74) is 2.39. The van der Waals surface area contributed by atoms with Gasteiger partial charge in [-0.25, -0.2) is 4.39 Å². The number of rotatable bonds is 6. The van der Waals surface area contributed by atoms with E-state index in [1.165, 1.54) is 17.0 Å². The van der Waals surface area contributed by atoms with Gasteiger partial charge in [-0.1, -0.05) is 37.3 Å². The van der Waals surface area contributed by atoms with Crippen molar-refractivity contribution >= 4 is 17.5 Å². The first-order valence-electron chi connectivity index (χ1n) is 7.85. The van der Waals surface area contributed by atoms with E-state index in [1.807, 2.05) is 31.2 Å². The molecule has 0 aliphatic carbocycles. The number of benzene rings is 2. The molecular weight excluding hydrogens is 307 g/mol. The zero-order valence-electron chi connectivity index (χ0n) is 13.9. The Morgan fingerprint density at radius 2 is 1.88 bits per heavy atom. The van der Waals surface area contributed by atoms with Crippen molar-refractivity contribution in [3.05, 3.63) is 65.5 Å². The number of hydrogen-bond donors (Lipinski definition) is 1. The molecule has 5 heteroatoms. The molecule has 0 radical (unpaired) electrons. The second-order valence-corrected chi connectivity index (χ2v) is 5.62. The number of nitrogens with one attached hydrogen (secondary N) is 1. The Kier molecular flexibility index (Phi) is 6.07. The molecule has 0 heterocycles. The van der Waals surface area contributed by atoms with E-state index in [0.29, 0.717) is 5.56 Å². The minimum atomic E-state index is -0.378. The highest BCUT2D eigenvalue weighted by Gasteiger charge is 2.14. The molecule has 0 aliphatic heterocycles. The highest BCUT2D eigenvalue weighted by molar-refractivity contribution is 5.95. The summed E-state index contributed by atoms with van der Waals surface area (Å²) in [5.74, 6) is -0.873. The number of para-hydroxylation sites is 1. The van der Waals surface area contributed by atoms with Gasteiger partial charge in [-0.15, -0.1) is 0 Å². The summed E-state index contributed by atoms with van der Waals surface area (Å²) in [6.45, 7) is 1.96. The summed E-state index contributed by atoms with van der Waals surface area (Å²) < 4.78 is 13.2. The van der Waals surface area contributed by atoms with Crippen LogP contribution < -0.4 is 5.32 Å². The second kappa shape index (κ2) is 8.24. The summed E-state index contributed by atoms with van der Waals surface area (Å²) in [6, 6.07) is 13.5. The molecule has 0 aliphatic rings. The van der Waals surface area contributed by atoms with Crippen LogP contribution in [0.15, 0.2) is 48.5 Å². The van der Waals surface area contributed by atoms with E-state index in [4.69, 9.17) is 0 Å². The lowest BCUT2D eigenvalue weighted by atomic mass is 10.1. The van der Waals surface area contributed by atoms with Gasteiger partial charge in [0.2, 0.25) is 11.8 Å². The van der Waals surface area contributed by atoms with Gasteiger partial charge in [0.1, 0.15) is 5.82 Å². The fourth-order valence-corrected chi connectivity index (χ4v) is 2.40. The Balaban J connectivity index is 1.92. The summed E-state index contributed by atoms with van der Waals surface area (Å²) in [4.78, 5) is 25.6. The lowest BCUT2D eigenvalue weighted by molar-refractivity contribution is -0.132. The zero-order valence-corrected chi connectivity index (χ0v) is 13.9. The quantitative estimate of drug-likeness (QED) is 0.886. The molecule has 0 spiro atoms. The molecule has 24 heavy (non-hydrogen) atoms. The first-order valence-corrected chi connectivity index (χ1v) is 7.85. The van der Waals surface area contributed by atoms with Crippen molar-refractivity contribution in [2.24, 2.45) is 0 Å². The van der Waals surface area contributed by atoms with Gasteiger partial charge in [0.05, 0.1) is 13.0 Å². The molecule has 4 nitrogen and oxygen atoms in total. The predicted molar refractivity (Wildman–Crippen MR) is 92.2 cm³/mol. The van der Waals surface area contributed by atoms with E-state index in [2.05, 4.69) is 5.32 Å². The van der Waals surface area contributed by atoms with Gasteiger partial charge in [0, 0.05) is 12.7 Å². The number of anilines is 1. The van der Waals surface area contributed by atoms with Crippen LogP contribution in [-0.4, -0.2) is 30.3 Å². The first kappa shape index (κ1) is 17.7. The lowest BCUT2D eigenvalue weighted by Gasteiger charge is -2.17. The average molecular weight is 328 g/mol. The number of amides is 2. The normalized spacial score (nSPS) is 10.3. The van der Waals surface area contributed by atoms with Crippen molar-refractivity contribution in [1.29, 1.82) is 0 Å². The highest BCUT2D eigenvalue weighted by atomic mass is 19.1. The Labute approximate surface area is 141 Å². The molecular formula is C19H21FN2O2. The molecule has 0 saturated carbocycles. The number of hydrogen-bond acceptors (Lipinski definition) is 2. The van der Waals surface area contributed by atoms with Gasteiger partial charge in [-0.05, 0) is 35.7 Å². The molecule has 2 rings (SSSR count). The van der Waals surface area contributed by atoms with Crippen molar-refractivity contribution in [1.82, 2.24) is 4.90 Å². The SMILES string of the molecule is CCc1ccccc1NC(=O)CN(C)C(=O)Cc1cccc(F)c1. The monoisotopic (exact) mass is 328 g/mol. The maximum atomic E-state index is 13.2. The molecule has 0 saturated heterocycles.